The predicted octanol–water partition coefficient (Wildman–Crippen LogP) is 2.29. The van der Waals surface area contributed by atoms with Crippen molar-refractivity contribution in [2.45, 2.75) is 6.61 Å². The van der Waals surface area contributed by atoms with Gasteiger partial charge in [0.2, 0.25) is 0 Å². The highest BCUT2D eigenvalue weighted by molar-refractivity contribution is 8.08. The molecule has 1 heterocycles. The Morgan fingerprint density at radius 2 is 2.24 bits per heavy atom. The van der Waals surface area contributed by atoms with Crippen molar-refractivity contribution < 1.29 is 14.0 Å². The van der Waals surface area contributed by atoms with Crippen LogP contribution in [0.25, 0.3) is 0 Å². The molecule has 0 fully saturated rings. The van der Waals surface area contributed by atoms with Crippen molar-refractivity contribution in [2.75, 3.05) is 14.1 Å². The highest BCUT2D eigenvalue weighted by Gasteiger charge is 2.30. The maximum Gasteiger partial charge on any atom is 0.315 e. The van der Waals surface area contributed by atoms with Crippen LogP contribution >= 0.6 is 6.64 Å². The number of hydrogen-bond donors (Lipinski definition) is 0. The first kappa shape index (κ1) is 12.4. The van der Waals surface area contributed by atoms with Crippen LogP contribution in [0.4, 0.5) is 5.69 Å². The van der Waals surface area contributed by atoms with Crippen molar-refractivity contribution in [3.05, 3.63) is 33.9 Å². The molecular weight excluding hydrogens is 263 g/mol. The van der Waals surface area contributed by atoms with Gasteiger partial charge in [-0.25, -0.2) is 4.67 Å². The Hall–Kier alpha value is -1.01. The second kappa shape index (κ2) is 4.34. The molecule has 0 aliphatic carbocycles. The van der Waals surface area contributed by atoms with E-state index in [2.05, 4.69) is 0 Å². The summed E-state index contributed by atoms with van der Waals surface area (Å²) in [5, 5.41) is 10.6. The summed E-state index contributed by atoms with van der Waals surface area (Å²) in [6.45, 7) is -2.22. The van der Waals surface area contributed by atoms with Crippen LogP contribution in [0.2, 0.25) is 0 Å². The number of non-ortho nitro benzene ring substituents is 1. The van der Waals surface area contributed by atoms with Crippen molar-refractivity contribution in [1.82, 2.24) is 4.67 Å². The quantitative estimate of drug-likeness (QED) is 0.468. The van der Waals surface area contributed by atoms with Gasteiger partial charge in [-0.15, -0.1) is 0 Å². The molecular formula is C9H11N2O4PS. The van der Waals surface area contributed by atoms with E-state index in [0.717, 1.165) is 0 Å². The maximum absolute atomic E-state index is 10.6. The van der Waals surface area contributed by atoms with E-state index >= 15 is 0 Å². The standard InChI is InChI=1S/C9H11N2O4PS/c1-10(2)16(17)14-6-7-5-8(11(12)13)3-4-9(7)15-16/h3-5H,6H2,1-2H3. The molecule has 1 aliphatic rings. The molecule has 0 amide bonds. The number of rotatable bonds is 2. The molecule has 1 aromatic carbocycles. The second-order valence-electron chi connectivity index (χ2n) is 3.73. The monoisotopic (exact) mass is 274 g/mol. The molecule has 0 saturated heterocycles. The summed E-state index contributed by atoms with van der Waals surface area (Å²) >= 11 is 5.30. The number of benzene rings is 1. The molecule has 0 spiro atoms. The van der Waals surface area contributed by atoms with Gasteiger partial charge in [-0.3, -0.25) is 10.1 Å². The van der Waals surface area contributed by atoms with Crippen LogP contribution in [0.5, 0.6) is 5.75 Å². The Bertz CT molecular complexity index is 520. The molecule has 1 atom stereocenters. The second-order valence-corrected chi connectivity index (χ2v) is 7.29. The number of nitro benzene ring substituents is 1. The zero-order valence-electron chi connectivity index (χ0n) is 9.32. The molecule has 6 nitrogen and oxygen atoms in total. The minimum absolute atomic E-state index is 0.0241. The molecule has 1 aliphatic heterocycles. The van der Waals surface area contributed by atoms with Crippen LogP contribution in [0.1, 0.15) is 5.56 Å². The summed E-state index contributed by atoms with van der Waals surface area (Å²) in [4.78, 5) is 10.2. The first-order chi connectivity index (χ1) is 7.92. The van der Waals surface area contributed by atoms with Crippen molar-refractivity contribution in [3.8, 4) is 5.75 Å². The van der Waals surface area contributed by atoms with Crippen molar-refractivity contribution in [2.24, 2.45) is 0 Å². The molecule has 17 heavy (non-hydrogen) atoms. The van der Waals surface area contributed by atoms with Crippen molar-refractivity contribution in [3.63, 3.8) is 0 Å². The maximum atomic E-state index is 10.6. The number of hydrogen-bond acceptors (Lipinski definition) is 5. The van der Waals surface area contributed by atoms with Crippen LogP contribution in [0.3, 0.4) is 0 Å². The highest BCUT2D eigenvalue weighted by Crippen LogP contribution is 2.55. The Kier molecular flexibility index (Phi) is 3.18. The number of nitrogens with zero attached hydrogens (tertiary/aromatic N) is 2. The van der Waals surface area contributed by atoms with Gasteiger partial charge < -0.3 is 9.05 Å². The zero-order chi connectivity index (χ0) is 12.6. The molecule has 1 aromatic rings. The lowest BCUT2D eigenvalue weighted by molar-refractivity contribution is -0.385. The van der Waals surface area contributed by atoms with Gasteiger partial charge in [-0.1, -0.05) is 0 Å². The Labute approximate surface area is 104 Å². The fourth-order valence-corrected chi connectivity index (χ4v) is 2.96. The van der Waals surface area contributed by atoms with Crippen molar-refractivity contribution >= 4 is 24.1 Å². The van der Waals surface area contributed by atoms with Gasteiger partial charge in [0.05, 0.1) is 11.5 Å². The molecule has 0 aromatic heterocycles. The fraction of sp³-hybridized carbons (Fsp3) is 0.333. The lowest BCUT2D eigenvalue weighted by Crippen LogP contribution is -2.18. The molecule has 8 heteroatoms. The summed E-state index contributed by atoms with van der Waals surface area (Å²) < 4.78 is 12.8. The van der Waals surface area contributed by atoms with Gasteiger partial charge in [-0.2, -0.15) is 0 Å². The number of nitro groups is 1. The van der Waals surface area contributed by atoms with Crippen molar-refractivity contribution in [1.29, 1.82) is 0 Å². The van der Waals surface area contributed by atoms with E-state index in [-0.39, 0.29) is 12.3 Å². The summed E-state index contributed by atoms with van der Waals surface area (Å²) in [5.74, 6) is 0.568. The third-order valence-electron chi connectivity index (χ3n) is 2.34. The fourth-order valence-electron chi connectivity index (χ4n) is 1.38. The lowest BCUT2D eigenvalue weighted by atomic mass is 10.2. The first-order valence-corrected chi connectivity index (χ1v) is 7.41. The third-order valence-corrected chi connectivity index (χ3v) is 5.72. The number of fused-ring (bicyclic) bond motifs is 1. The van der Waals surface area contributed by atoms with Gasteiger partial charge in [0.15, 0.2) is 0 Å². The van der Waals surface area contributed by atoms with Crippen LogP contribution in [-0.2, 0) is 22.9 Å². The van der Waals surface area contributed by atoms with E-state index in [9.17, 15) is 10.1 Å². The largest absolute Gasteiger partial charge is 0.432 e. The smallest absolute Gasteiger partial charge is 0.315 e. The Balaban J connectivity index is 2.35. The van der Waals surface area contributed by atoms with Gasteiger partial charge in [0.1, 0.15) is 5.75 Å². The predicted molar refractivity (Wildman–Crippen MR) is 66.5 cm³/mol. The summed E-state index contributed by atoms with van der Waals surface area (Å²) in [7, 11) is 3.58. The van der Waals surface area contributed by atoms with Gasteiger partial charge in [0, 0.05) is 17.7 Å². The van der Waals surface area contributed by atoms with E-state index in [1.165, 1.54) is 12.1 Å². The average Bonchev–Trinajstić information content (AvgIpc) is 2.28. The Morgan fingerprint density at radius 1 is 1.53 bits per heavy atom. The Morgan fingerprint density at radius 3 is 2.82 bits per heavy atom. The highest BCUT2D eigenvalue weighted by atomic mass is 32.5. The van der Waals surface area contributed by atoms with Crippen LogP contribution in [-0.4, -0.2) is 23.7 Å². The van der Waals surface area contributed by atoms with E-state index in [1.807, 2.05) is 0 Å². The van der Waals surface area contributed by atoms with Crippen LogP contribution < -0.4 is 4.52 Å². The molecule has 0 N–H and O–H groups in total. The zero-order valence-corrected chi connectivity index (χ0v) is 11.0. The minimum Gasteiger partial charge on any atom is -0.432 e. The summed E-state index contributed by atoms with van der Waals surface area (Å²) in [5.41, 5.74) is 0.678. The SMILES string of the molecule is CN(C)P1(=S)OCc2cc([N+](=O)[O-])ccc2O1. The lowest BCUT2D eigenvalue weighted by Gasteiger charge is -2.32. The molecule has 0 radical (unpaired) electrons. The molecule has 0 saturated carbocycles. The normalized spacial score (nSPS) is 23.0. The molecule has 92 valence electrons. The summed E-state index contributed by atoms with van der Waals surface area (Å²) in [6, 6.07) is 4.42. The van der Waals surface area contributed by atoms with Gasteiger partial charge >= 0.3 is 6.64 Å². The topological polar surface area (TPSA) is 64.8 Å². The van der Waals surface area contributed by atoms with Crippen LogP contribution in [0.15, 0.2) is 18.2 Å². The minimum atomic E-state index is -2.46. The first-order valence-electron chi connectivity index (χ1n) is 4.82. The molecule has 1 unspecified atom stereocenters. The van der Waals surface area contributed by atoms with E-state index in [4.69, 9.17) is 20.9 Å². The van der Waals surface area contributed by atoms with Gasteiger partial charge in [-0.05, 0) is 32.0 Å². The summed E-state index contributed by atoms with van der Waals surface area (Å²) in [6.07, 6.45) is 0. The average molecular weight is 274 g/mol. The molecule has 2 rings (SSSR count). The van der Waals surface area contributed by atoms with E-state index in [1.54, 1.807) is 24.8 Å². The van der Waals surface area contributed by atoms with Crippen LogP contribution in [0, 0.1) is 10.1 Å². The third kappa shape index (κ3) is 2.32. The van der Waals surface area contributed by atoms with E-state index < -0.39 is 11.6 Å². The van der Waals surface area contributed by atoms with E-state index in [0.29, 0.717) is 11.3 Å². The molecule has 0 bridgehead atoms. The van der Waals surface area contributed by atoms with Gasteiger partial charge in [0.25, 0.3) is 5.69 Å².